The van der Waals surface area contributed by atoms with E-state index in [1.165, 1.54) is 5.56 Å². The number of rotatable bonds is 4. The lowest BCUT2D eigenvalue weighted by Gasteiger charge is -2.04. The lowest BCUT2D eigenvalue weighted by molar-refractivity contribution is 0.0954. The van der Waals surface area contributed by atoms with E-state index in [4.69, 9.17) is 5.11 Å². The minimum atomic E-state index is -0.162. The van der Waals surface area contributed by atoms with Crippen LogP contribution in [0.2, 0.25) is 0 Å². The molecule has 0 bridgehead atoms. The monoisotopic (exact) mass is 285 g/mol. The summed E-state index contributed by atoms with van der Waals surface area (Å²) < 4.78 is 0. The molecule has 3 nitrogen and oxygen atoms in total. The molecular weight excluding hydrogens is 270 g/mol. The molecule has 0 saturated carbocycles. The molecule has 0 aliphatic heterocycles. The fourth-order valence-corrected chi connectivity index (χ4v) is 2.41. The van der Waals surface area contributed by atoms with E-state index in [1.807, 2.05) is 5.38 Å². The SMILES string of the molecule is O=C(NCCc1ccsc1)c1ccc(C#CCO)cc1. The van der Waals surface area contributed by atoms with Crippen molar-refractivity contribution >= 4 is 17.2 Å². The van der Waals surface area contributed by atoms with Gasteiger partial charge in [-0.15, -0.1) is 0 Å². The van der Waals surface area contributed by atoms with Crippen molar-refractivity contribution in [2.75, 3.05) is 13.2 Å². The quantitative estimate of drug-likeness (QED) is 0.845. The van der Waals surface area contributed by atoms with Crippen LogP contribution in [-0.4, -0.2) is 24.2 Å². The summed E-state index contributed by atoms with van der Waals surface area (Å²) in [5.41, 5.74) is 2.64. The molecule has 0 spiro atoms. The summed E-state index contributed by atoms with van der Waals surface area (Å²) in [5, 5.41) is 15.6. The zero-order chi connectivity index (χ0) is 14.2. The number of benzene rings is 1. The smallest absolute Gasteiger partial charge is 0.251 e. The van der Waals surface area contributed by atoms with Crippen LogP contribution in [0.4, 0.5) is 0 Å². The first kappa shape index (κ1) is 14.3. The van der Waals surface area contributed by atoms with E-state index in [2.05, 4.69) is 28.6 Å². The zero-order valence-electron chi connectivity index (χ0n) is 10.9. The normalized spacial score (nSPS) is 9.65. The summed E-state index contributed by atoms with van der Waals surface area (Å²) in [5.74, 6) is 5.28. The van der Waals surface area contributed by atoms with Gasteiger partial charge in [0.1, 0.15) is 6.61 Å². The summed E-state index contributed by atoms with van der Waals surface area (Å²) >= 11 is 1.66. The second-order valence-electron chi connectivity index (χ2n) is 4.17. The Morgan fingerprint density at radius 3 is 2.70 bits per heavy atom. The maximum atomic E-state index is 11.9. The molecule has 2 rings (SSSR count). The molecule has 0 fully saturated rings. The van der Waals surface area contributed by atoms with Gasteiger partial charge in [0.15, 0.2) is 0 Å². The fourth-order valence-electron chi connectivity index (χ4n) is 1.70. The van der Waals surface area contributed by atoms with Crippen LogP contribution in [0.3, 0.4) is 0 Å². The molecular formula is C16H15NO2S. The number of aliphatic hydroxyl groups excluding tert-OH is 1. The molecule has 20 heavy (non-hydrogen) atoms. The van der Waals surface area contributed by atoms with Gasteiger partial charge in [0.05, 0.1) is 0 Å². The third kappa shape index (κ3) is 4.23. The van der Waals surface area contributed by atoms with Crippen molar-refractivity contribution in [1.29, 1.82) is 0 Å². The van der Waals surface area contributed by atoms with Gasteiger partial charge < -0.3 is 10.4 Å². The maximum absolute atomic E-state index is 11.9. The van der Waals surface area contributed by atoms with Gasteiger partial charge in [-0.2, -0.15) is 11.3 Å². The number of aliphatic hydroxyl groups is 1. The van der Waals surface area contributed by atoms with Crippen LogP contribution in [-0.2, 0) is 6.42 Å². The van der Waals surface area contributed by atoms with Crippen LogP contribution >= 0.6 is 11.3 Å². The molecule has 1 heterocycles. The number of carbonyl (C=O) groups is 1. The molecule has 0 aliphatic rings. The van der Waals surface area contributed by atoms with E-state index in [0.29, 0.717) is 12.1 Å². The van der Waals surface area contributed by atoms with Crippen molar-refractivity contribution in [3.8, 4) is 11.8 Å². The van der Waals surface area contributed by atoms with Gasteiger partial charge in [0.25, 0.3) is 5.91 Å². The van der Waals surface area contributed by atoms with Gasteiger partial charge >= 0.3 is 0 Å². The summed E-state index contributed by atoms with van der Waals surface area (Å²) in [4.78, 5) is 11.9. The third-order valence-corrected chi connectivity index (χ3v) is 3.47. The Morgan fingerprint density at radius 1 is 1.25 bits per heavy atom. The predicted octanol–water partition coefficient (Wildman–Crippen LogP) is 2.06. The third-order valence-electron chi connectivity index (χ3n) is 2.74. The van der Waals surface area contributed by atoms with Crippen molar-refractivity contribution in [3.63, 3.8) is 0 Å². The predicted molar refractivity (Wildman–Crippen MR) is 80.8 cm³/mol. The second-order valence-corrected chi connectivity index (χ2v) is 4.95. The van der Waals surface area contributed by atoms with Gasteiger partial charge in [-0.05, 0) is 53.1 Å². The van der Waals surface area contributed by atoms with E-state index >= 15 is 0 Å². The molecule has 1 aromatic heterocycles. The Labute approximate surface area is 122 Å². The van der Waals surface area contributed by atoms with Gasteiger partial charge in [0, 0.05) is 17.7 Å². The Kier molecular flexibility index (Phi) is 5.36. The molecule has 2 N–H and O–H groups in total. The number of hydrogen-bond donors (Lipinski definition) is 2. The summed E-state index contributed by atoms with van der Waals surface area (Å²) in [6.45, 7) is 0.465. The highest BCUT2D eigenvalue weighted by molar-refractivity contribution is 7.07. The number of carbonyl (C=O) groups excluding carboxylic acids is 1. The summed E-state index contributed by atoms with van der Waals surface area (Å²) in [7, 11) is 0. The Bertz CT molecular complexity index is 606. The lowest BCUT2D eigenvalue weighted by atomic mass is 10.1. The van der Waals surface area contributed by atoms with Crippen LogP contribution in [0, 0.1) is 11.8 Å². The average Bonchev–Trinajstić information content (AvgIpc) is 2.99. The second kappa shape index (κ2) is 7.49. The minimum Gasteiger partial charge on any atom is -0.384 e. The van der Waals surface area contributed by atoms with Crippen molar-refractivity contribution in [2.45, 2.75) is 6.42 Å². The maximum Gasteiger partial charge on any atom is 0.251 e. The Morgan fingerprint density at radius 2 is 2.05 bits per heavy atom. The van der Waals surface area contributed by atoms with Crippen LogP contribution in [0.5, 0.6) is 0 Å². The van der Waals surface area contributed by atoms with E-state index in [0.717, 1.165) is 12.0 Å². The standard InChI is InChI=1S/C16H15NO2S/c18-10-1-2-13-3-5-15(6-4-13)16(19)17-9-7-14-8-11-20-12-14/h3-6,8,11-12,18H,7,9-10H2,(H,17,19). The molecule has 0 radical (unpaired) electrons. The van der Waals surface area contributed by atoms with E-state index in [9.17, 15) is 4.79 Å². The van der Waals surface area contributed by atoms with Gasteiger partial charge in [-0.3, -0.25) is 4.79 Å². The van der Waals surface area contributed by atoms with Crippen LogP contribution in [0.25, 0.3) is 0 Å². The van der Waals surface area contributed by atoms with Crippen molar-refractivity contribution in [1.82, 2.24) is 5.32 Å². The summed E-state index contributed by atoms with van der Waals surface area (Å²) in [6, 6.07) is 9.08. The molecule has 102 valence electrons. The molecule has 1 amide bonds. The number of hydrogen-bond acceptors (Lipinski definition) is 3. The Hall–Kier alpha value is -2.09. The number of thiophene rings is 1. The van der Waals surface area contributed by atoms with E-state index < -0.39 is 0 Å². The van der Waals surface area contributed by atoms with E-state index in [-0.39, 0.29) is 12.5 Å². The molecule has 1 aromatic carbocycles. The first-order valence-corrected chi connectivity index (χ1v) is 7.23. The van der Waals surface area contributed by atoms with Crippen LogP contribution in [0.15, 0.2) is 41.1 Å². The highest BCUT2D eigenvalue weighted by atomic mass is 32.1. The minimum absolute atomic E-state index is 0.0816. The van der Waals surface area contributed by atoms with Crippen LogP contribution < -0.4 is 5.32 Å². The molecule has 0 unspecified atom stereocenters. The number of amides is 1. The molecule has 0 aliphatic carbocycles. The average molecular weight is 285 g/mol. The van der Waals surface area contributed by atoms with Crippen LogP contribution in [0.1, 0.15) is 21.5 Å². The Balaban J connectivity index is 1.85. The largest absolute Gasteiger partial charge is 0.384 e. The molecule has 4 heteroatoms. The first-order valence-electron chi connectivity index (χ1n) is 6.28. The van der Waals surface area contributed by atoms with Crippen molar-refractivity contribution < 1.29 is 9.90 Å². The highest BCUT2D eigenvalue weighted by Crippen LogP contribution is 2.06. The van der Waals surface area contributed by atoms with Gasteiger partial charge in [-0.25, -0.2) is 0 Å². The van der Waals surface area contributed by atoms with Gasteiger partial charge in [-0.1, -0.05) is 11.8 Å². The first-order chi connectivity index (χ1) is 9.79. The van der Waals surface area contributed by atoms with Gasteiger partial charge in [0.2, 0.25) is 0 Å². The molecule has 0 saturated heterocycles. The summed E-state index contributed by atoms with van der Waals surface area (Å²) in [6.07, 6.45) is 0.843. The lowest BCUT2D eigenvalue weighted by Crippen LogP contribution is -2.25. The molecule has 2 aromatic rings. The van der Waals surface area contributed by atoms with Crippen molar-refractivity contribution in [2.24, 2.45) is 0 Å². The topological polar surface area (TPSA) is 49.3 Å². The van der Waals surface area contributed by atoms with Crippen molar-refractivity contribution in [3.05, 3.63) is 57.8 Å². The van der Waals surface area contributed by atoms with E-state index in [1.54, 1.807) is 35.6 Å². The molecule has 0 atom stereocenters. The number of nitrogens with one attached hydrogen (secondary N) is 1. The zero-order valence-corrected chi connectivity index (χ0v) is 11.7. The highest BCUT2D eigenvalue weighted by Gasteiger charge is 2.04. The fraction of sp³-hybridized carbons (Fsp3) is 0.188.